The number of hydrogen-bond donors (Lipinski definition) is 0. The van der Waals surface area contributed by atoms with E-state index in [-0.39, 0.29) is 44.6 Å². The Balaban J connectivity index is 1.06. The topological polar surface area (TPSA) is 38.7 Å². The summed E-state index contributed by atoms with van der Waals surface area (Å²) in [6, 6.07) is 51.2. The lowest BCUT2D eigenvalue weighted by Gasteiger charge is -2.28. The maximum Gasteiger partial charge on any atom is 0.0711 e. The zero-order valence-corrected chi connectivity index (χ0v) is 41.3. The van der Waals surface area contributed by atoms with Crippen LogP contribution in [0.25, 0.3) is 56.0 Å². The summed E-state index contributed by atoms with van der Waals surface area (Å²) in [5.41, 5.74) is 9.62. The number of rotatable bonds is 13. The lowest BCUT2D eigenvalue weighted by atomic mass is 9.77. The molecule has 71 heavy (non-hydrogen) atoms. The van der Waals surface area contributed by atoms with Gasteiger partial charge in [0.2, 0.25) is 0 Å². The van der Waals surface area contributed by atoms with E-state index in [2.05, 4.69) is 59.7 Å². The van der Waals surface area contributed by atoms with E-state index >= 15 is 0 Å². The van der Waals surface area contributed by atoms with Crippen LogP contribution in [0.2, 0.25) is 0 Å². The summed E-state index contributed by atoms with van der Waals surface area (Å²) in [7, 11) is 0. The summed E-state index contributed by atoms with van der Waals surface area (Å²) in [5, 5.41) is 0. The predicted molar refractivity (Wildman–Crippen MR) is 296 cm³/mol. The Kier molecular flexibility index (Phi) is 9.11. The van der Waals surface area contributed by atoms with E-state index in [4.69, 9.17) is 19.1 Å². The highest BCUT2D eigenvalue weighted by atomic mass is 14.7. The second-order valence-corrected chi connectivity index (χ2v) is 21.0. The van der Waals surface area contributed by atoms with E-state index in [1.165, 1.54) is 12.3 Å². The van der Waals surface area contributed by atoms with Gasteiger partial charge in [-0.1, -0.05) is 181 Å². The lowest BCUT2D eigenvalue weighted by molar-refractivity contribution is 0.512. The normalized spacial score (nSPS) is 18.0. The molecule has 0 unspecified atom stereocenters. The van der Waals surface area contributed by atoms with Gasteiger partial charge in [-0.2, -0.15) is 0 Å². The van der Waals surface area contributed by atoms with Crippen LogP contribution in [0, 0.1) is 6.85 Å². The monoisotopic (exact) mass is 935 g/mol. The van der Waals surface area contributed by atoms with Crippen molar-refractivity contribution in [3.8, 4) is 56.0 Å². The molecule has 3 heteroatoms. The molecule has 6 aromatic carbocycles. The standard InChI is InChI=1S/C68H65N3/c1-45-19-14-15-24-54(45)58-39-64(59-38-61-65(56-27-18-26-55(56)59)57-25-16-17-28-60(57)68(61,6)7)69-42-51(58)30-29-46-35-47(40-66(2,3)52-31-33-62(70-43-52)49-20-10-8-11-21-49)37-48(36-46)41-67(4,5)53-32-34-63(71-44-53)50-22-12-9-13-23-50/h8-17,19-25,28,31-39,42-44H,18,26-27,29-30,40-41H2,1-7H3/i1D3,26D2,27D2,29D2,30D2. The average molecular weight is 935 g/mol. The van der Waals surface area contributed by atoms with E-state index in [0.29, 0.717) is 24.0 Å². The second kappa shape index (κ2) is 18.5. The summed E-state index contributed by atoms with van der Waals surface area (Å²) in [5.74, 6) is 0. The van der Waals surface area contributed by atoms with Crippen molar-refractivity contribution in [2.45, 2.75) is 109 Å². The van der Waals surface area contributed by atoms with E-state index in [0.717, 1.165) is 61.5 Å². The fourth-order valence-electron chi connectivity index (χ4n) is 10.8. The van der Waals surface area contributed by atoms with Gasteiger partial charge in [-0.15, -0.1) is 0 Å². The third-order valence-electron chi connectivity index (χ3n) is 14.7. The van der Waals surface area contributed by atoms with Crippen molar-refractivity contribution < 1.29 is 15.1 Å². The maximum atomic E-state index is 10.2. The van der Waals surface area contributed by atoms with Crippen molar-refractivity contribution in [1.82, 2.24) is 15.0 Å². The number of aromatic nitrogens is 3. The summed E-state index contributed by atoms with van der Waals surface area (Å²) in [6.45, 7) is 9.91. The van der Waals surface area contributed by atoms with Crippen LogP contribution in [0.5, 0.6) is 0 Å². The fraction of sp³-hybridized carbons (Fsp3) is 0.250. The highest BCUT2D eigenvalue weighted by molar-refractivity contribution is 5.89. The molecular formula is C68H65N3. The van der Waals surface area contributed by atoms with Crippen LogP contribution in [0.4, 0.5) is 0 Å². The molecule has 9 aromatic rings. The van der Waals surface area contributed by atoms with Gasteiger partial charge in [-0.25, -0.2) is 0 Å². The Hall–Kier alpha value is -7.23. The summed E-state index contributed by atoms with van der Waals surface area (Å²) >= 11 is 0. The Morgan fingerprint density at radius 2 is 1.06 bits per heavy atom. The first-order valence-electron chi connectivity index (χ1n) is 30.1. The smallest absolute Gasteiger partial charge is 0.0711 e. The van der Waals surface area contributed by atoms with Crippen molar-refractivity contribution in [2.75, 3.05) is 0 Å². The molecular weight excluding hydrogens is 859 g/mol. The van der Waals surface area contributed by atoms with Gasteiger partial charge < -0.3 is 0 Å². The molecule has 3 aromatic heterocycles. The number of pyridine rings is 3. The number of aryl methyl sites for hydroxylation is 3. The molecule has 352 valence electrons. The largest absolute Gasteiger partial charge is 0.256 e. The van der Waals surface area contributed by atoms with Gasteiger partial charge in [0.1, 0.15) is 0 Å². The molecule has 0 atom stereocenters. The van der Waals surface area contributed by atoms with Gasteiger partial charge in [0, 0.05) is 55.8 Å². The third-order valence-corrected chi connectivity index (χ3v) is 14.7. The summed E-state index contributed by atoms with van der Waals surface area (Å²) < 4.78 is 105. The number of benzene rings is 6. The first-order valence-corrected chi connectivity index (χ1v) is 24.6. The predicted octanol–water partition coefficient (Wildman–Crippen LogP) is 16.5. The number of fused-ring (bicyclic) bond motifs is 5. The molecule has 0 fully saturated rings. The van der Waals surface area contributed by atoms with Crippen LogP contribution >= 0.6 is 0 Å². The molecule has 0 N–H and O–H groups in total. The Morgan fingerprint density at radius 3 is 1.66 bits per heavy atom. The van der Waals surface area contributed by atoms with E-state index in [1.807, 2.05) is 116 Å². The molecule has 0 bridgehead atoms. The van der Waals surface area contributed by atoms with Crippen molar-refractivity contribution in [2.24, 2.45) is 0 Å². The summed E-state index contributed by atoms with van der Waals surface area (Å²) in [4.78, 5) is 14.6. The molecule has 0 radical (unpaired) electrons. The van der Waals surface area contributed by atoms with Crippen LogP contribution in [0.1, 0.15) is 124 Å². The molecule has 3 heterocycles. The third kappa shape index (κ3) is 8.97. The van der Waals surface area contributed by atoms with E-state index in [1.54, 1.807) is 36.4 Å². The van der Waals surface area contributed by atoms with Crippen LogP contribution in [-0.2, 0) is 54.6 Å². The van der Waals surface area contributed by atoms with Gasteiger partial charge in [0.15, 0.2) is 0 Å². The Bertz CT molecular complexity index is 3790. The molecule has 0 amide bonds. The first-order chi connectivity index (χ1) is 38.5. The van der Waals surface area contributed by atoms with Crippen molar-refractivity contribution >= 4 is 0 Å². The zero-order chi connectivity index (χ0) is 58.6. The van der Waals surface area contributed by atoms with Gasteiger partial charge >= 0.3 is 0 Å². The molecule has 2 aliphatic carbocycles. The summed E-state index contributed by atoms with van der Waals surface area (Å²) in [6.07, 6.45) is -4.46. The molecule has 0 spiro atoms. The molecule has 0 saturated carbocycles. The van der Waals surface area contributed by atoms with Gasteiger partial charge in [0.05, 0.1) is 17.1 Å². The van der Waals surface area contributed by atoms with Crippen LogP contribution in [0.3, 0.4) is 0 Å². The highest BCUT2D eigenvalue weighted by Crippen LogP contribution is 2.54. The molecule has 0 aliphatic heterocycles. The molecule has 0 saturated heterocycles. The van der Waals surface area contributed by atoms with Crippen LogP contribution in [-0.4, -0.2) is 15.0 Å². The van der Waals surface area contributed by atoms with Crippen LogP contribution in [0.15, 0.2) is 182 Å². The van der Waals surface area contributed by atoms with Crippen molar-refractivity contribution in [1.29, 1.82) is 0 Å². The highest BCUT2D eigenvalue weighted by Gasteiger charge is 2.39. The van der Waals surface area contributed by atoms with E-state index in [9.17, 15) is 11.0 Å². The fourth-order valence-corrected chi connectivity index (χ4v) is 10.8. The quantitative estimate of drug-likeness (QED) is 0.116. The first kappa shape index (κ1) is 35.0. The second-order valence-electron chi connectivity index (χ2n) is 21.0. The molecule has 11 rings (SSSR count). The average Bonchev–Trinajstić information content (AvgIpc) is 2.77. The Morgan fingerprint density at radius 1 is 0.507 bits per heavy atom. The molecule has 3 nitrogen and oxygen atoms in total. The van der Waals surface area contributed by atoms with Crippen LogP contribution < -0.4 is 0 Å². The van der Waals surface area contributed by atoms with Gasteiger partial charge in [-0.05, 0) is 170 Å². The Labute approximate surface area is 437 Å². The SMILES string of the molecule is [2H]C([2H])([2H])c1ccccc1-c1cc(-c2cc3c(c4c2C([2H])([2H])CC4([2H])[2H])-c2ccccc2C3(C)C)ncc1C([2H])([2H])C([2H])([2H])c1cc(CC(C)(C)c2ccc(-c3ccccc3)nc2)cc(CC(C)(C)c2ccc(-c3ccccc3)nc2)c1. The van der Waals surface area contributed by atoms with E-state index < -0.39 is 55.0 Å². The van der Waals surface area contributed by atoms with Gasteiger partial charge in [0.25, 0.3) is 0 Å². The number of hydrogen-bond acceptors (Lipinski definition) is 3. The van der Waals surface area contributed by atoms with Crippen molar-refractivity contribution in [3.05, 3.63) is 244 Å². The zero-order valence-electron chi connectivity index (χ0n) is 52.3. The molecule has 2 aliphatic rings. The minimum absolute atomic E-state index is 0.0699. The maximum absolute atomic E-state index is 10.2. The minimum atomic E-state index is -2.90. The number of nitrogens with zero attached hydrogens (tertiary/aromatic N) is 3. The lowest BCUT2D eigenvalue weighted by Crippen LogP contribution is -2.23. The minimum Gasteiger partial charge on any atom is -0.256 e. The van der Waals surface area contributed by atoms with Crippen molar-refractivity contribution in [3.63, 3.8) is 0 Å². The van der Waals surface area contributed by atoms with Gasteiger partial charge in [-0.3, -0.25) is 15.0 Å².